The topological polar surface area (TPSA) is 102 Å². The maximum absolute atomic E-state index is 13.2. The Morgan fingerprint density at radius 3 is 2.62 bits per heavy atom. The maximum Gasteiger partial charge on any atom is 0.242 e. The number of likely N-dealkylation sites (tertiary alicyclic amines) is 2. The van der Waals surface area contributed by atoms with Gasteiger partial charge in [0.2, 0.25) is 11.8 Å². The van der Waals surface area contributed by atoms with Crippen LogP contribution in [0.4, 0.5) is 10.2 Å². The molecular weight excluding hydrogens is 377 g/mol. The van der Waals surface area contributed by atoms with Gasteiger partial charge < -0.3 is 15.5 Å². The summed E-state index contributed by atoms with van der Waals surface area (Å²) in [5, 5.41) is 4.16. The number of nitrogens with zero attached hydrogens (tertiary/aromatic N) is 4. The molecule has 2 aliphatic rings. The standard InChI is InChI=1S/C20H22FN5O3/c21-13-5-7-14(8-6-13)26-20(22)15(11-23-26)19(29)16-3-1-10-25(16)18(28)12-24-9-2-4-17(24)27/h5-8,11,16H,1-4,9-10,12,22H2. The van der Waals surface area contributed by atoms with E-state index >= 15 is 0 Å². The van der Waals surface area contributed by atoms with Crippen LogP contribution >= 0.6 is 0 Å². The Morgan fingerprint density at radius 2 is 1.93 bits per heavy atom. The minimum absolute atomic E-state index is 0.00688. The molecule has 0 radical (unpaired) electrons. The van der Waals surface area contributed by atoms with Gasteiger partial charge in [0, 0.05) is 19.5 Å². The van der Waals surface area contributed by atoms with Crippen molar-refractivity contribution in [1.29, 1.82) is 0 Å². The second-order valence-electron chi connectivity index (χ2n) is 7.36. The molecule has 2 fully saturated rings. The van der Waals surface area contributed by atoms with E-state index in [4.69, 9.17) is 5.73 Å². The molecule has 4 rings (SSSR count). The first-order valence-corrected chi connectivity index (χ1v) is 9.66. The Balaban J connectivity index is 1.52. The average Bonchev–Trinajstić information content (AvgIpc) is 3.43. The third-order valence-electron chi connectivity index (χ3n) is 5.52. The van der Waals surface area contributed by atoms with Gasteiger partial charge in [-0.1, -0.05) is 0 Å². The van der Waals surface area contributed by atoms with Gasteiger partial charge in [0.25, 0.3) is 0 Å². The molecule has 2 saturated heterocycles. The Morgan fingerprint density at radius 1 is 1.17 bits per heavy atom. The molecule has 1 aromatic heterocycles. The zero-order chi connectivity index (χ0) is 20.5. The molecule has 2 N–H and O–H groups in total. The molecule has 2 aromatic rings. The Bertz CT molecular complexity index is 956. The van der Waals surface area contributed by atoms with Crippen molar-refractivity contribution in [2.75, 3.05) is 25.4 Å². The number of anilines is 1. The fourth-order valence-corrected chi connectivity index (χ4v) is 3.98. The highest BCUT2D eigenvalue weighted by molar-refractivity contribution is 6.05. The van der Waals surface area contributed by atoms with E-state index in [2.05, 4.69) is 5.10 Å². The fraction of sp³-hybridized carbons (Fsp3) is 0.400. The summed E-state index contributed by atoms with van der Waals surface area (Å²) in [7, 11) is 0. The molecule has 0 saturated carbocycles. The van der Waals surface area contributed by atoms with Crippen molar-refractivity contribution >= 4 is 23.4 Å². The second-order valence-corrected chi connectivity index (χ2v) is 7.36. The summed E-state index contributed by atoms with van der Waals surface area (Å²) >= 11 is 0. The molecule has 2 aliphatic heterocycles. The van der Waals surface area contributed by atoms with Crippen molar-refractivity contribution < 1.29 is 18.8 Å². The molecule has 1 aromatic carbocycles. The average molecular weight is 399 g/mol. The molecule has 1 atom stereocenters. The SMILES string of the molecule is Nc1c(C(=O)C2CCCN2C(=O)CN2CCCC2=O)cnn1-c1ccc(F)cc1. The summed E-state index contributed by atoms with van der Waals surface area (Å²) in [6, 6.07) is 4.99. The van der Waals surface area contributed by atoms with Crippen LogP contribution in [0.15, 0.2) is 30.5 Å². The fourth-order valence-electron chi connectivity index (χ4n) is 3.98. The number of amides is 2. The maximum atomic E-state index is 13.2. The number of aromatic nitrogens is 2. The van der Waals surface area contributed by atoms with Crippen molar-refractivity contribution in [1.82, 2.24) is 19.6 Å². The van der Waals surface area contributed by atoms with E-state index in [1.54, 1.807) is 9.80 Å². The van der Waals surface area contributed by atoms with Gasteiger partial charge >= 0.3 is 0 Å². The van der Waals surface area contributed by atoms with Crippen LogP contribution < -0.4 is 5.73 Å². The summed E-state index contributed by atoms with van der Waals surface area (Å²) < 4.78 is 14.5. The van der Waals surface area contributed by atoms with Crippen LogP contribution in [0, 0.1) is 5.82 Å². The highest BCUT2D eigenvalue weighted by Gasteiger charge is 2.37. The lowest BCUT2D eigenvalue weighted by Crippen LogP contribution is -2.46. The Kier molecular flexibility index (Phi) is 5.04. The van der Waals surface area contributed by atoms with Gasteiger partial charge in [0.1, 0.15) is 11.6 Å². The summed E-state index contributed by atoms with van der Waals surface area (Å²) in [5.74, 6) is -0.747. The molecule has 1 unspecified atom stereocenters. The number of carbonyl (C=O) groups excluding carboxylic acids is 3. The molecular formula is C20H22FN5O3. The van der Waals surface area contributed by atoms with Gasteiger partial charge in [0.15, 0.2) is 5.78 Å². The molecule has 2 amide bonds. The molecule has 0 aliphatic carbocycles. The van der Waals surface area contributed by atoms with Crippen LogP contribution in [0.5, 0.6) is 0 Å². The number of hydrogen-bond acceptors (Lipinski definition) is 5. The van der Waals surface area contributed by atoms with E-state index in [1.165, 1.54) is 35.1 Å². The number of Topliss-reactive ketones (excluding diaryl/α,β-unsaturated/α-hetero) is 1. The van der Waals surface area contributed by atoms with E-state index in [1.807, 2.05) is 0 Å². The first-order valence-electron chi connectivity index (χ1n) is 9.66. The van der Waals surface area contributed by atoms with Gasteiger partial charge in [-0.2, -0.15) is 5.10 Å². The number of nitrogen functional groups attached to an aromatic ring is 1. The summed E-state index contributed by atoms with van der Waals surface area (Å²) in [6.07, 6.45) is 3.86. The summed E-state index contributed by atoms with van der Waals surface area (Å²) in [4.78, 5) is 40.7. The second kappa shape index (κ2) is 7.65. The van der Waals surface area contributed by atoms with Crippen molar-refractivity contribution in [2.24, 2.45) is 0 Å². The number of halogens is 1. The van der Waals surface area contributed by atoms with E-state index in [9.17, 15) is 18.8 Å². The third kappa shape index (κ3) is 3.59. The van der Waals surface area contributed by atoms with Crippen LogP contribution in [0.1, 0.15) is 36.0 Å². The monoisotopic (exact) mass is 399 g/mol. The lowest BCUT2D eigenvalue weighted by molar-refractivity contribution is -0.138. The zero-order valence-electron chi connectivity index (χ0n) is 15.9. The van der Waals surface area contributed by atoms with Crippen LogP contribution in [0.2, 0.25) is 0 Å². The number of hydrogen-bond donors (Lipinski definition) is 1. The molecule has 0 spiro atoms. The molecule has 3 heterocycles. The number of carbonyl (C=O) groups is 3. The zero-order valence-corrected chi connectivity index (χ0v) is 15.9. The van der Waals surface area contributed by atoms with Gasteiger partial charge in [-0.05, 0) is 43.5 Å². The number of benzene rings is 1. The molecule has 0 bridgehead atoms. The van der Waals surface area contributed by atoms with E-state index in [0.29, 0.717) is 38.0 Å². The first-order chi connectivity index (χ1) is 14.0. The minimum Gasteiger partial charge on any atom is -0.383 e. The van der Waals surface area contributed by atoms with Crippen molar-refractivity contribution in [2.45, 2.75) is 31.7 Å². The number of rotatable bonds is 5. The van der Waals surface area contributed by atoms with Crippen LogP contribution in [-0.4, -0.2) is 62.9 Å². The van der Waals surface area contributed by atoms with Crippen molar-refractivity contribution in [3.8, 4) is 5.69 Å². The highest BCUT2D eigenvalue weighted by Crippen LogP contribution is 2.26. The largest absolute Gasteiger partial charge is 0.383 e. The summed E-state index contributed by atoms with van der Waals surface area (Å²) in [5.41, 5.74) is 6.91. The van der Waals surface area contributed by atoms with E-state index in [0.717, 1.165) is 6.42 Å². The molecule has 152 valence electrons. The van der Waals surface area contributed by atoms with Crippen LogP contribution in [-0.2, 0) is 9.59 Å². The lowest BCUT2D eigenvalue weighted by Gasteiger charge is -2.26. The van der Waals surface area contributed by atoms with Crippen molar-refractivity contribution in [3.05, 3.63) is 41.8 Å². The molecule has 8 nitrogen and oxygen atoms in total. The predicted octanol–water partition coefficient (Wildman–Crippen LogP) is 1.39. The Hall–Kier alpha value is -3.23. The van der Waals surface area contributed by atoms with E-state index in [-0.39, 0.29) is 41.3 Å². The van der Waals surface area contributed by atoms with Crippen molar-refractivity contribution in [3.63, 3.8) is 0 Å². The van der Waals surface area contributed by atoms with Gasteiger partial charge in [-0.15, -0.1) is 0 Å². The van der Waals surface area contributed by atoms with Gasteiger partial charge in [0.05, 0.1) is 30.0 Å². The quantitative estimate of drug-likeness (QED) is 0.766. The van der Waals surface area contributed by atoms with Gasteiger partial charge in [-0.25, -0.2) is 9.07 Å². The number of nitrogens with two attached hydrogens (primary N) is 1. The van der Waals surface area contributed by atoms with Crippen LogP contribution in [0.25, 0.3) is 5.69 Å². The van der Waals surface area contributed by atoms with Gasteiger partial charge in [-0.3, -0.25) is 14.4 Å². The molecule has 29 heavy (non-hydrogen) atoms. The predicted molar refractivity (Wildman–Crippen MR) is 103 cm³/mol. The van der Waals surface area contributed by atoms with E-state index < -0.39 is 6.04 Å². The first kappa shape index (κ1) is 19.1. The smallest absolute Gasteiger partial charge is 0.242 e. The minimum atomic E-state index is -0.617. The van der Waals surface area contributed by atoms with Crippen LogP contribution in [0.3, 0.4) is 0 Å². The lowest BCUT2D eigenvalue weighted by atomic mass is 10.0. The third-order valence-corrected chi connectivity index (χ3v) is 5.52. The number of ketones is 1. The summed E-state index contributed by atoms with van der Waals surface area (Å²) in [6.45, 7) is 1.06. The normalized spacial score (nSPS) is 19.2. The highest BCUT2D eigenvalue weighted by atomic mass is 19.1. The molecule has 9 heteroatoms. The Labute approximate surface area is 167 Å².